The molecule has 3 rings (SSSR count). The molecule has 0 spiro atoms. The van der Waals surface area contributed by atoms with E-state index in [2.05, 4.69) is 14.9 Å². The zero-order valence-electron chi connectivity index (χ0n) is 13.0. The topological polar surface area (TPSA) is 84.6 Å². The van der Waals surface area contributed by atoms with E-state index in [4.69, 9.17) is 10.5 Å². The predicted octanol–water partition coefficient (Wildman–Crippen LogP) is 0.442. The van der Waals surface area contributed by atoms with Crippen LogP contribution in [0.15, 0.2) is 6.07 Å². The number of hydrogen-bond acceptors (Lipinski definition) is 6. The van der Waals surface area contributed by atoms with Gasteiger partial charge in [-0.25, -0.2) is 4.98 Å². The minimum Gasteiger partial charge on any atom is -0.381 e. The Hall–Kier alpha value is -1.89. The van der Waals surface area contributed by atoms with Gasteiger partial charge in [-0.2, -0.15) is 4.98 Å². The number of rotatable bonds is 3. The van der Waals surface area contributed by atoms with E-state index in [1.165, 1.54) is 0 Å². The second-order valence-electron chi connectivity index (χ2n) is 6.03. The van der Waals surface area contributed by atoms with E-state index in [1.807, 2.05) is 17.9 Å². The van der Waals surface area contributed by atoms with E-state index in [-0.39, 0.29) is 5.91 Å². The van der Waals surface area contributed by atoms with Crippen molar-refractivity contribution in [2.45, 2.75) is 19.8 Å². The molecular formula is C15H23N5O2. The Kier molecular flexibility index (Phi) is 4.42. The van der Waals surface area contributed by atoms with Gasteiger partial charge in [-0.1, -0.05) is 0 Å². The third kappa shape index (κ3) is 3.47. The molecule has 0 radical (unpaired) electrons. The van der Waals surface area contributed by atoms with Crippen molar-refractivity contribution in [3.8, 4) is 0 Å². The maximum atomic E-state index is 12.3. The van der Waals surface area contributed by atoms with Crippen LogP contribution < -0.4 is 10.6 Å². The number of carbonyl (C=O) groups excluding carboxylic acids is 1. The van der Waals surface area contributed by atoms with Crippen molar-refractivity contribution in [1.29, 1.82) is 0 Å². The number of anilines is 2. The van der Waals surface area contributed by atoms with Gasteiger partial charge in [-0.15, -0.1) is 0 Å². The van der Waals surface area contributed by atoms with Crippen molar-refractivity contribution < 1.29 is 9.53 Å². The van der Waals surface area contributed by atoms with E-state index in [0.717, 1.165) is 57.3 Å². The molecule has 0 aromatic carbocycles. The molecule has 1 aromatic rings. The molecule has 1 amide bonds. The second kappa shape index (κ2) is 6.48. The van der Waals surface area contributed by atoms with Crippen molar-refractivity contribution in [2.24, 2.45) is 5.92 Å². The summed E-state index contributed by atoms with van der Waals surface area (Å²) >= 11 is 0. The van der Waals surface area contributed by atoms with Crippen LogP contribution in [0.2, 0.25) is 0 Å². The van der Waals surface area contributed by atoms with E-state index in [9.17, 15) is 4.79 Å². The third-order valence-electron chi connectivity index (χ3n) is 4.30. The molecule has 2 N–H and O–H groups in total. The van der Waals surface area contributed by atoms with Crippen molar-refractivity contribution in [3.63, 3.8) is 0 Å². The zero-order chi connectivity index (χ0) is 15.5. The molecular weight excluding hydrogens is 282 g/mol. The van der Waals surface area contributed by atoms with Crippen LogP contribution in [0.25, 0.3) is 0 Å². The van der Waals surface area contributed by atoms with Gasteiger partial charge in [0, 0.05) is 57.6 Å². The quantitative estimate of drug-likeness (QED) is 0.872. The number of aryl methyl sites for hydroxylation is 1. The van der Waals surface area contributed by atoms with Crippen molar-refractivity contribution in [2.75, 3.05) is 50.0 Å². The molecule has 1 atom stereocenters. The van der Waals surface area contributed by atoms with E-state index >= 15 is 0 Å². The number of carbonyl (C=O) groups is 1. The van der Waals surface area contributed by atoms with Gasteiger partial charge in [0.15, 0.2) is 0 Å². The van der Waals surface area contributed by atoms with Crippen LogP contribution in [-0.2, 0) is 9.53 Å². The first-order valence-corrected chi connectivity index (χ1v) is 7.83. The number of aromatic nitrogens is 2. The Morgan fingerprint density at radius 1 is 1.36 bits per heavy atom. The number of ether oxygens (including phenoxy) is 1. The summed E-state index contributed by atoms with van der Waals surface area (Å²) in [7, 11) is 0. The first-order chi connectivity index (χ1) is 10.6. The SMILES string of the molecule is Cc1cc(N2CCN(C(=O)CC3CCOC3)CC2)nc(N)n1. The van der Waals surface area contributed by atoms with Gasteiger partial charge in [-0.3, -0.25) is 4.79 Å². The number of nitrogens with zero attached hydrogens (tertiary/aromatic N) is 4. The normalized spacial score (nSPS) is 22.1. The van der Waals surface area contributed by atoms with Crippen molar-refractivity contribution >= 4 is 17.7 Å². The fraction of sp³-hybridized carbons (Fsp3) is 0.667. The van der Waals surface area contributed by atoms with E-state index in [0.29, 0.717) is 18.3 Å². The Morgan fingerprint density at radius 2 is 2.14 bits per heavy atom. The predicted molar refractivity (Wildman–Crippen MR) is 83.5 cm³/mol. The third-order valence-corrected chi connectivity index (χ3v) is 4.30. The highest BCUT2D eigenvalue weighted by atomic mass is 16.5. The van der Waals surface area contributed by atoms with Gasteiger partial charge >= 0.3 is 0 Å². The number of amides is 1. The lowest BCUT2D eigenvalue weighted by Gasteiger charge is -2.35. The summed E-state index contributed by atoms with van der Waals surface area (Å²) in [6.45, 7) is 6.45. The highest BCUT2D eigenvalue weighted by Crippen LogP contribution is 2.20. The average Bonchev–Trinajstić information content (AvgIpc) is 2.99. The average molecular weight is 305 g/mol. The molecule has 1 unspecified atom stereocenters. The largest absolute Gasteiger partial charge is 0.381 e. The van der Waals surface area contributed by atoms with Crippen molar-refractivity contribution in [3.05, 3.63) is 11.8 Å². The Morgan fingerprint density at radius 3 is 2.77 bits per heavy atom. The number of piperazine rings is 1. The lowest BCUT2D eigenvalue weighted by molar-refractivity contribution is -0.132. The molecule has 2 aliphatic rings. The van der Waals surface area contributed by atoms with Crippen LogP contribution in [0.4, 0.5) is 11.8 Å². The van der Waals surface area contributed by atoms with Gasteiger partial charge in [0.1, 0.15) is 5.82 Å². The van der Waals surface area contributed by atoms with E-state index < -0.39 is 0 Å². The molecule has 2 aliphatic heterocycles. The fourth-order valence-corrected chi connectivity index (χ4v) is 3.04. The van der Waals surface area contributed by atoms with Crippen LogP contribution in [0.1, 0.15) is 18.5 Å². The van der Waals surface area contributed by atoms with E-state index in [1.54, 1.807) is 0 Å². The Bertz CT molecular complexity index is 516. The summed E-state index contributed by atoms with van der Waals surface area (Å²) in [5.74, 6) is 1.79. The maximum absolute atomic E-state index is 12.3. The summed E-state index contributed by atoms with van der Waals surface area (Å²) in [5.41, 5.74) is 6.57. The number of hydrogen-bond donors (Lipinski definition) is 1. The van der Waals surface area contributed by atoms with Crippen LogP contribution in [-0.4, -0.2) is 60.2 Å². The highest BCUT2D eigenvalue weighted by molar-refractivity contribution is 5.76. The lowest BCUT2D eigenvalue weighted by Crippen LogP contribution is -2.49. The maximum Gasteiger partial charge on any atom is 0.223 e. The molecule has 0 bridgehead atoms. The van der Waals surface area contributed by atoms with Crippen LogP contribution in [0.3, 0.4) is 0 Å². The molecule has 2 fully saturated rings. The molecule has 1 aromatic heterocycles. The summed E-state index contributed by atoms with van der Waals surface area (Å²) < 4.78 is 5.34. The second-order valence-corrected chi connectivity index (χ2v) is 6.03. The molecule has 7 heteroatoms. The van der Waals surface area contributed by atoms with Crippen LogP contribution in [0.5, 0.6) is 0 Å². The van der Waals surface area contributed by atoms with Gasteiger partial charge in [-0.05, 0) is 19.3 Å². The fourth-order valence-electron chi connectivity index (χ4n) is 3.04. The van der Waals surface area contributed by atoms with Gasteiger partial charge < -0.3 is 20.3 Å². The number of nitrogen functional groups attached to an aromatic ring is 1. The summed E-state index contributed by atoms with van der Waals surface area (Å²) in [6, 6.07) is 1.93. The van der Waals surface area contributed by atoms with Gasteiger partial charge in [0.2, 0.25) is 11.9 Å². The standard InChI is InChI=1S/C15H23N5O2/c1-11-8-13(18-15(16)17-11)19-3-5-20(6-4-19)14(21)9-12-2-7-22-10-12/h8,12H,2-7,9-10H2,1H3,(H2,16,17,18). The molecule has 22 heavy (non-hydrogen) atoms. The summed E-state index contributed by atoms with van der Waals surface area (Å²) in [5, 5.41) is 0. The Labute approximate surface area is 130 Å². The molecule has 3 heterocycles. The molecule has 7 nitrogen and oxygen atoms in total. The summed E-state index contributed by atoms with van der Waals surface area (Å²) in [4.78, 5) is 24.8. The van der Waals surface area contributed by atoms with Gasteiger partial charge in [0.05, 0.1) is 0 Å². The first-order valence-electron chi connectivity index (χ1n) is 7.83. The minimum atomic E-state index is 0.244. The highest BCUT2D eigenvalue weighted by Gasteiger charge is 2.26. The van der Waals surface area contributed by atoms with Crippen LogP contribution in [0, 0.1) is 12.8 Å². The van der Waals surface area contributed by atoms with Crippen LogP contribution >= 0.6 is 0 Å². The monoisotopic (exact) mass is 305 g/mol. The Balaban J connectivity index is 1.54. The zero-order valence-corrected chi connectivity index (χ0v) is 13.0. The lowest BCUT2D eigenvalue weighted by atomic mass is 10.0. The number of nitrogens with two attached hydrogens (primary N) is 1. The van der Waals surface area contributed by atoms with Gasteiger partial charge in [0.25, 0.3) is 0 Å². The first kappa shape index (κ1) is 15.0. The molecule has 120 valence electrons. The minimum absolute atomic E-state index is 0.244. The molecule has 0 saturated carbocycles. The molecule has 2 saturated heterocycles. The molecule has 0 aliphatic carbocycles. The summed E-state index contributed by atoms with van der Waals surface area (Å²) in [6.07, 6.45) is 1.62. The van der Waals surface area contributed by atoms with Crippen molar-refractivity contribution in [1.82, 2.24) is 14.9 Å². The smallest absolute Gasteiger partial charge is 0.223 e.